The van der Waals surface area contributed by atoms with Crippen molar-refractivity contribution in [3.05, 3.63) is 59.7 Å². The predicted molar refractivity (Wildman–Crippen MR) is 130 cm³/mol. The zero-order chi connectivity index (χ0) is 23.4. The Labute approximate surface area is 197 Å². The Balaban J connectivity index is 1.42. The van der Waals surface area contributed by atoms with Crippen LogP contribution < -0.4 is 10.0 Å². The monoisotopic (exact) mass is 470 g/mol. The zero-order valence-corrected chi connectivity index (χ0v) is 20.1. The number of nitrogens with two attached hydrogens (primary N) is 1. The van der Waals surface area contributed by atoms with E-state index in [1.165, 1.54) is 11.6 Å². The molecule has 0 radical (unpaired) electrons. The highest BCUT2D eigenvalue weighted by Crippen LogP contribution is 2.30. The van der Waals surface area contributed by atoms with Gasteiger partial charge in [-0.25, -0.2) is 13.6 Å². The van der Waals surface area contributed by atoms with Gasteiger partial charge in [-0.3, -0.25) is 14.6 Å². The molecule has 1 atom stereocenters. The van der Waals surface area contributed by atoms with E-state index in [9.17, 15) is 13.2 Å². The summed E-state index contributed by atoms with van der Waals surface area (Å²) in [5.74, 6) is 0.0748. The van der Waals surface area contributed by atoms with Crippen molar-refractivity contribution in [3.8, 4) is 0 Å². The van der Waals surface area contributed by atoms with Crippen LogP contribution in [-0.4, -0.2) is 62.9 Å². The first kappa shape index (κ1) is 23.9. The van der Waals surface area contributed by atoms with Crippen molar-refractivity contribution >= 4 is 21.6 Å². The van der Waals surface area contributed by atoms with Gasteiger partial charge in [0.15, 0.2) is 0 Å². The molecule has 1 unspecified atom stereocenters. The van der Waals surface area contributed by atoms with Gasteiger partial charge < -0.3 is 4.90 Å². The van der Waals surface area contributed by atoms with Gasteiger partial charge in [0.25, 0.3) is 0 Å². The largest absolute Gasteiger partial charge is 0.311 e. The predicted octanol–water partition coefficient (Wildman–Crippen LogP) is 2.60. The zero-order valence-electron chi connectivity index (χ0n) is 19.3. The number of primary sulfonamides is 1. The minimum absolute atomic E-state index is 0.0748. The van der Waals surface area contributed by atoms with Gasteiger partial charge in [-0.2, -0.15) is 0 Å². The Morgan fingerprint density at radius 1 is 1.15 bits per heavy atom. The van der Waals surface area contributed by atoms with Gasteiger partial charge in [0.1, 0.15) is 0 Å². The highest BCUT2D eigenvalue weighted by atomic mass is 32.2. The van der Waals surface area contributed by atoms with Crippen LogP contribution in [0.15, 0.2) is 53.4 Å². The number of benzene rings is 2. The van der Waals surface area contributed by atoms with Crippen LogP contribution in [0.5, 0.6) is 0 Å². The fourth-order valence-corrected chi connectivity index (χ4v) is 5.63. The van der Waals surface area contributed by atoms with Gasteiger partial charge in [0.05, 0.1) is 11.4 Å². The molecule has 0 aliphatic carbocycles. The summed E-state index contributed by atoms with van der Waals surface area (Å²) in [4.78, 5) is 20.1. The molecule has 2 aliphatic heterocycles. The van der Waals surface area contributed by atoms with E-state index in [2.05, 4.69) is 41.0 Å². The van der Waals surface area contributed by atoms with E-state index >= 15 is 0 Å². The number of nitrogens with zero attached hydrogens (tertiary/aromatic N) is 3. The van der Waals surface area contributed by atoms with Gasteiger partial charge >= 0.3 is 0 Å². The maximum atomic E-state index is 13.3. The Morgan fingerprint density at radius 3 is 2.67 bits per heavy atom. The maximum absolute atomic E-state index is 13.3. The van der Waals surface area contributed by atoms with Gasteiger partial charge in [-0.1, -0.05) is 37.3 Å². The average Bonchev–Trinajstić information content (AvgIpc) is 3.23. The Morgan fingerprint density at radius 2 is 1.94 bits per heavy atom. The molecule has 2 aromatic rings. The van der Waals surface area contributed by atoms with Gasteiger partial charge in [0.2, 0.25) is 15.9 Å². The fourth-order valence-electron chi connectivity index (χ4n) is 5.07. The molecule has 33 heavy (non-hydrogen) atoms. The molecule has 0 spiro atoms. The molecule has 1 amide bonds. The van der Waals surface area contributed by atoms with Crippen molar-refractivity contribution in [1.29, 1.82) is 0 Å². The van der Waals surface area contributed by atoms with Crippen LogP contribution in [0.2, 0.25) is 0 Å². The molecule has 178 valence electrons. The second-order valence-electron chi connectivity index (χ2n) is 9.12. The van der Waals surface area contributed by atoms with Crippen molar-refractivity contribution in [2.45, 2.75) is 50.1 Å². The van der Waals surface area contributed by atoms with E-state index in [1.54, 1.807) is 17.0 Å². The van der Waals surface area contributed by atoms with Crippen LogP contribution in [0.25, 0.3) is 0 Å². The third-order valence-corrected chi connectivity index (χ3v) is 7.58. The van der Waals surface area contributed by atoms with Crippen LogP contribution >= 0.6 is 0 Å². The fraction of sp³-hybridized carbons (Fsp3) is 0.480. The molecule has 8 heteroatoms. The number of likely N-dealkylation sites (tertiary alicyclic amines) is 1. The second-order valence-corrected chi connectivity index (χ2v) is 10.7. The molecule has 7 nitrogen and oxygen atoms in total. The molecule has 0 aromatic heterocycles. The second kappa shape index (κ2) is 10.3. The van der Waals surface area contributed by atoms with E-state index in [1.807, 2.05) is 6.07 Å². The highest BCUT2D eigenvalue weighted by molar-refractivity contribution is 7.89. The van der Waals surface area contributed by atoms with Crippen LogP contribution in [0.1, 0.15) is 37.3 Å². The summed E-state index contributed by atoms with van der Waals surface area (Å²) < 4.78 is 23.3. The minimum atomic E-state index is -3.75. The van der Waals surface area contributed by atoms with E-state index < -0.39 is 10.0 Å². The van der Waals surface area contributed by atoms with Crippen LogP contribution in [0.3, 0.4) is 0 Å². The lowest BCUT2D eigenvalue weighted by Gasteiger charge is -2.39. The number of hydrogen-bond donors (Lipinski definition) is 1. The first-order chi connectivity index (χ1) is 15.8. The number of piperidine rings is 1. The van der Waals surface area contributed by atoms with Gasteiger partial charge in [0, 0.05) is 31.4 Å². The average molecular weight is 471 g/mol. The third kappa shape index (κ3) is 5.81. The van der Waals surface area contributed by atoms with Crippen molar-refractivity contribution < 1.29 is 13.2 Å². The Kier molecular flexibility index (Phi) is 7.48. The van der Waals surface area contributed by atoms with Crippen molar-refractivity contribution in [1.82, 2.24) is 9.80 Å². The van der Waals surface area contributed by atoms with Crippen molar-refractivity contribution in [3.63, 3.8) is 0 Å². The molecular formula is C25H34N4O3S. The molecule has 2 heterocycles. The molecule has 2 N–H and O–H groups in total. The lowest BCUT2D eigenvalue weighted by molar-refractivity contribution is -0.120. The van der Waals surface area contributed by atoms with E-state index in [4.69, 9.17) is 5.14 Å². The highest BCUT2D eigenvalue weighted by Gasteiger charge is 2.30. The number of carbonyl (C=O) groups excluding carboxylic acids is 1. The summed E-state index contributed by atoms with van der Waals surface area (Å²) in [7, 11) is -3.75. The molecule has 2 aliphatic rings. The first-order valence-electron chi connectivity index (χ1n) is 11.8. The number of sulfonamides is 1. The van der Waals surface area contributed by atoms with Gasteiger partial charge in [-0.05, 0) is 68.1 Å². The van der Waals surface area contributed by atoms with E-state index in [-0.39, 0.29) is 10.8 Å². The summed E-state index contributed by atoms with van der Waals surface area (Å²) in [5.41, 5.74) is 2.99. The normalized spacial score (nSPS) is 19.1. The number of rotatable bonds is 8. The molecule has 1 fully saturated rings. The van der Waals surface area contributed by atoms with Crippen molar-refractivity contribution in [2.75, 3.05) is 37.6 Å². The number of anilines is 1. The maximum Gasteiger partial charge on any atom is 0.241 e. The Hall–Kier alpha value is -2.26. The smallest absolute Gasteiger partial charge is 0.241 e. The Bertz CT molecular complexity index is 1070. The minimum Gasteiger partial charge on any atom is -0.311 e. The lowest BCUT2D eigenvalue weighted by atomic mass is 10.0. The number of hydrogen-bond acceptors (Lipinski definition) is 5. The van der Waals surface area contributed by atoms with E-state index in [0.29, 0.717) is 25.6 Å². The number of carbonyl (C=O) groups is 1. The number of fused-ring (bicyclic) bond motifs is 1. The lowest BCUT2D eigenvalue weighted by Crippen LogP contribution is -2.51. The van der Waals surface area contributed by atoms with Crippen molar-refractivity contribution in [2.24, 2.45) is 5.14 Å². The molecule has 4 rings (SSSR count). The van der Waals surface area contributed by atoms with Crippen LogP contribution in [0.4, 0.5) is 5.69 Å². The molecule has 0 saturated carbocycles. The molecule has 2 aromatic carbocycles. The number of amides is 1. The quantitative estimate of drug-likeness (QED) is 0.641. The summed E-state index contributed by atoms with van der Waals surface area (Å²) in [6, 6.07) is 15.7. The van der Waals surface area contributed by atoms with Crippen LogP contribution in [0, 0.1) is 0 Å². The third-order valence-electron chi connectivity index (χ3n) is 6.67. The SMILES string of the molecule is CCCN(CC(=O)N1CCc2cc(S(N)(=O)=O)ccc21)C1CCCN(Cc2ccccc2)C1. The summed E-state index contributed by atoms with van der Waals surface area (Å²) >= 11 is 0. The molecule has 0 bridgehead atoms. The molecular weight excluding hydrogens is 436 g/mol. The van der Waals surface area contributed by atoms with E-state index in [0.717, 1.165) is 56.7 Å². The first-order valence-corrected chi connectivity index (χ1v) is 13.4. The van der Waals surface area contributed by atoms with Crippen LogP contribution in [-0.2, 0) is 27.8 Å². The summed E-state index contributed by atoms with van der Waals surface area (Å²) in [6.45, 7) is 7.00. The summed E-state index contributed by atoms with van der Waals surface area (Å²) in [5, 5.41) is 5.27. The molecule has 1 saturated heterocycles. The topological polar surface area (TPSA) is 87.0 Å². The van der Waals surface area contributed by atoms with Gasteiger partial charge in [-0.15, -0.1) is 0 Å². The summed E-state index contributed by atoms with van der Waals surface area (Å²) in [6.07, 6.45) is 3.88. The standard InChI is InChI=1S/C25H34N4O3S/c1-2-13-28(22-9-6-14-27(18-22)17-20-7-4-3-5-8-20)19-25(30)29-15-12-21-16-23(33(26,31)32)10-11-24(21)29/h3-5,7-8,10-11,16,22H,2,6,9,12-15,17-19H2,1H3,(H2,26,31,32).